The second-order valence-electron chi connectivity index (χ2n) is 5.42. The molecule has 0 saturated carbocycles. The number of hydrogen-bond donors (Lipinski definition) is 2. The molecule has 0 fully saturated rings. The number of hydrogen-bond acceptors (Lipinski definition) is 3. The maximum absolute atomic E-state index is 12.1. The van der Waals surface area contributed by atoms with E-state index in [1.54, 1.807) is 18.2 Å². The highest BCUT2D eigenvalue weighted by Gasteiger charge is 2.17. The van der Waals surface area contributed by atoms with Gasteiger partial charge in [-0.25, -0.2) is 13.1 Å². The lowest BCUT2D eigenvalue weighted by molar-refractivity contribution is 0.488. The molecule has 0 aliphatic carbocycles. The first-order valence-corrected chi connectivity index (χ1v) is 8.17. The van der Waals surface area contributed by atoms with Crippen LogP contribution in [0.3, 0.4) is 0 Å². The van der Waals surface area contributed by atoms with Crippen molar-refractivity contribution in [3.05, 3.63) is 24.3 Å². The minimum Gasteiger partial charge on any atom is -0.399 e. The van der Waals surface area contributed by atoms with Crippen LogP contribution in [0.5, 0.6) is 0 Å². The molecule has 0 bridgehead atoms. The van der Waals surface area contributed by atoms with Gasteiger partial charge in [0.05, 0.1) is 4.90 Å². The number of nitrogens with two attached hydrogens (primary N) is 1. The van der Waals surface area contributed by atoms with Crippen LogP contribution in [-0.2, 0) is 10.0 Å². The predicted octanol–water partition coefficient (Wildman–Crippen LogP) is 2.76. The summed E-state index contributed by atoms with van der Waals surface area (Å²) in [5.74, 6) is 0.651. The van der Waals surface area contributed by atoms with Crippen molar-refractivity contribution in [3.63, 3.8) is 0 Å². The Morgan fingerprint density at radius 2 is 1.89 bits per heavy atom. The minimum absolute atomic E-state index is 0.0646. The molecule has 1 unspecified atom stereocenters. The van der Waals surface area contributed by atoms with Gasteiger partial charge in [-0.05, 0) is 37.5 Å². The van der Waals surface area contributed by atoms with Crippen molar-refractivity contribution in [3.8, 4) is 0 Å². The Morgan fingerprint density at radius 3 is 2.47 bits per heavy atom. The van der Waals surface area contributed by atoms with E-state index in [-0.39, 0.29) is 10.9 Å². The first-order valence-electron chi connectivity index (χ1n) is 6.69. The molecular weight excluding hydrogens is 260 g/mol. The topological polar surface area (TPSA) is 72.2 Å². The molecule has 0 amide bonds. The molecule has 0 aliphatic rings. The summed E-state index contributed by atoms with van der Waals surface area (Å²) in [7, 11) is -3.46. The number of nitrogen functional groups attached to an aromatic ring is 1. The molecule has 0 heterocycles. The van der Waals surface area contributed by atoms with E-state index >= 15 is 0 Å². The third kappa shape index (κ3) is 5.61. The van der Waals surface area contributed by atoms with Gasteiger partial charge >= 0.3 is 0 Å². The van der Waals surface area contributed by atoms with E-state index < -0.39 is 10.0 Å². The van der Waals surface area contributed by atoms with Gasteiger partial charge in [0.1, 0.15) is 0 Å². The van der Waals surface area contributed by atoms with Crippen LogP contribution in [0.15, 0.2) is 29.2 Å². The van der Waals surface area contributed by atoms with Gasteiger partial charge < -0.3 is 5.73 Å². The molecule has 0 spiro atoms. The normalized spacial score (nSPS) is 13.7. The lowest BCUT2D eigenvalue weighted by Gasteiger charge is -2.15. The fourth-order valence-electron chi connectivity index (χ4n) is 1.91. The summed E-state index contributed by atoms with van der Waals surface area (Å²) in [5.41, 5.74) is 6.06. The highest BCUT2D eigenvalue weighted by atomic mass is 32.2. The van der Waals surface area contributed by atoms with Crippen LogP contribution in [0.25, 0.3) is 0 Å². The van der Waals surface area contributed by atoms with Crippen LogP contribution in [0.1, 0.15) is 40.0 Å². The largest absolute Gasteiger partial charge is 0.399 e. The van der Waals surface area contributed by atoms with E-state index in [9.17, 15) is 8.42 Å². The van der Waals surface area contributed by atoms with Crippen LogP contribution in [0.2, 0.25) is 0 Å². The Labute approximate surface area is 116 Å². The Hall–Kier alpha value is -1.07. The van der Waals surface area contributed by atoms with E-state index in [4.69, 9.17) is 5.73 Å². The fourth-order valence-corrected chi connectivity index (χ4v) is 3.24. The molecule has 1 aromatic rings. The Kier molecular flexibility index (Phi) is 5.82. The summed E-state index contributed by atoms with van der Waals surface area (Å²) < 4.78 is 26.9. The lowest BCUT2D eigenvalue weighted by Crippen LogP contribution is -2.32. The summed E-state index contributed by atoms with van der Waals surface area (Å²) in [6, 6.07) is 6.28. The number of benzene rings is 1. The number of anilines is 1. The van der Waals surface area contributed by atoms with E-state index in [1.807, 2.05) is 6.92 Å². The molecular formula is C14H24N2O2S. The quantitative estimate of drug-likeness (QED) is 0.756. The van der Waals surface area contributed by atoms with Crippen molar-refractivity contribution < 1.29 is 8.42 Å². The molecule has 19 heavy (non-hydrogen) atoms. The van der Waals surface area contributed by atoms with Crippen molar-refractivity contribution in [1.29, 1.82) is 0 Å². The van der Waals surface area contributed by atoms with Crippen LogP contribution in [-0.4, -0.2) is 14.5 Å². The molecule has 0 radical (unpaired) electrons. The molecule has 0 aromatic heterocycles. The Bertz CT molecular complexity index is 498. The van der Waals surface area contributed by atoms with Gasteiger partial charge in [-0.15, -0.1) is 0 Å². The van der Waals surface area contributed by atoms with E-state index in [1.165, 1.54) is 6.07 Å². The number of nitrogens with one attached hydrogen (secondary N) is 1. The van der Waals surface area contributed by atoms with E-state index in [0.29, 0.717) is 11.6 Å². The summed E-state index contributed by atoms with van der Waals surface area (Å²) in [6.45, 7) is 6.23. The second kappa shape index (κ2) is 6.91. The molecule has 0 saturated heterocycles. The van der Waals surface area contributed by atoms with Crippen molar-refractivity contribution in [1.82, 2.24) is 4.72 Å². The van der Waals surface area contributed by atoms with Gasteiger partial charge in [-0.3, -0.25) is 0 Å². The van der Waals surface area contributed by atoms with Crippen LogP contribution >= 0.6 is 0 Å². The van der Waals surface area contributed by atoms with E-state index in [2.05, 4.69) is 18.6 Å². The maximum atomic E-state index is 12.1. The standard InChI is InChI=1S/C14H24N2O2S/c1-11(2)6-4-7-12(3)16-19(17,18)14-9-5-8-13(15)10-14/h5,8-12,16H,4,6-7,15H2,1-3H3. The van der Waals surface area contributed by atoms with Gasteiger partial charge in [-0.1, -0.05) is 32.8 Å². The van der Waals surface area contributed by atoms with Gasteiger partial charge in [-0.2, -0.15) is 0 Å². The molecule has 1 atom stereocenters. The zero-order chi connectivity index (χ0) is 14.5. The minimum atomic E-state index is -3.46. The maximum Gasteiger partial charge on any atom is 0.240 e. The summed E-state index contributed by atoms with van der Waals surface area (Å²) in [4.78, 5) is 0.225. The third-order valence-electron chi connectivity index (χ3n) is 2.94. The molecule has 3 N–H and O–H groups in total. The molecule has 4 nitrogen and oxygen atoms in total. The van der Waals surface area contributed by atoms with Crippen LogP contribution < -0.4 is 10.5 Å². The first-order chi connectivity index (χ1) is 8.81. The van der Waals surface area contributed by atoms with Crippen LogP contribution in [0.4, 0.5) is 5.69 Å². The van der Waals surface area contributed by atoms with Gasteiger partial charge in [0.2, 0.25) is 10.0 Å². The predicted molar refractivity (Wildman–Crippen MR) is 79.3 cm³/mol. The monoisotopic (exact) mass is 284 g/mol. The highest BCUT2D eigenvalue weighted by Crippen LogP contribution is 2.14. The second-order valence-corrected chi connectivity index (χ2v) is 7.13. The average Bonchev–Trinajstić information content (AvgIpc) is 2.27. The SMILES string of the molecule is CC(C)CCCC(C)NS(=O)(=O)c1cccc(N)c1. The van der Waals surface area contributed by atoms with Crippen molar-refractivity contribution in [2.45, 2.75) is 51.0 Å². The Balaban J connectivity index is 2.59. The molecule has 0 aliphatic heterocycles. The Morgan fingerprint density at radius 1 is 1.21 bits per heavy atom. The fraction of sp³-hybridized carbons (Fsp3) is 0.571. The first kappa shape index (κ1) is 16.0. The van der Waals surface area contributed by atoms with Crippen molar-refractivity contribution >= 4 is 15.7 Å². The molecule has 1 rings (SSSR count). The lowest BCUT2D eigenvalue weighted by atomic mass is 10.0. The van der Waals surface area contributed by atoms with Gasteiger partial charge in [0.25, 0.3) is 0 Å². The number of sulfonamides is 1. The molecule has 108 valence electrons. The smallest absolute Gasteiger partial charge is 0.240 e. The van der Waals surface area contributed by atoms with Gasteiger partial charge in [0.15, 0.2) is 0 Å². The van der Waals surface area contributed by atoms with Crippen LogP contribution in [0, 0.1) is 5.92 Å². The van der Waals surface area contributed by atoms with E-state index in [0.717, 1.165) is 19.3 Å². The van der Waals surface area contributed by atoms with Gasteiger partial charge in [0, 0.05) is 11.7 Å². The molecule has 1 aromatic carbocycles. The summed E-state index contributed by atoms with van der Waals surface area (Å²) in [6.07, 6.45) is 2.99. The highest BCUT2D eigenvalue weighted by molar-refractivity contribution is 7.89. The summed E-state index contributed by atoms with van der Waals surface area (Å²) >= 11 is 0. The summed E-state index contributed by atoms with van der Waals surface area (Å²) in [5, 5.41) is 0. The molecule has 5 heteroatoms. The zero-order valence-corrected chi connectivity index (χ0v) is 12.7. The third-order valence-corrected chi connectivity index (χ3v) is 4.53. The van der Waals surface area contributed by atoms with Crippen molar-refractivity contribution in [2.24, 2.45) is 5.92 Å². The zero-order valence-electron chi connectivity index (χ0n) is 11.9. The average molecular weight is 284 g/mol. The number of rotatable bonds is 7. The van der Waals surface area contributed by atoms with Crippen molar-refractivity contribution in [2.75, 3.05) is 5.73 Å².